The van der Waals surface area contributed by atoms with E-state index in [0.29, 0.717) is 12.6 Å². The monoisotopic (exact) mass is 244 g/mol. The molecule has 96 valence electrons. The van der Waals surface area contributed by atoms with Crippen LogP contribution >= 0.6 is 0 Å². The Bertz CT molecular complexity index is 582. The molecule has 0 spiro atoms. The van der Waals surface area contributed by atoms with Crippen molar-refractivity contribution in [1.82, 2.24) is 4.57 Å². The minimum Gasteiger partial charge on any atom is -0.496 e. The third-order valence-corrected chi connectivity index (χ3v) is 3.88. The Hall–Kier alpha value is -1.48. The largest absolute Gasteiger partial charge is 0.496 e. The smallest absolute Gasteiger partial charge is 0.128 e. The zero-order valence-corrected chi connectivity index (χ0v) is 11.1. The van der Waals surface area contributed by atoms with Gasteiger partial charge in [-0.2, -0.15) is 0 Å². The lowest BCUT2D eigenvalue weighted by Gasteiger charge is -2.09. The Balaban J connectivity index is 2.31. The molecule has 1 aromatic carbocycles. The van der Waals surface area contributed by atoms with Gasteiger partial charge in [0, 0.05) is 23.5 Å². The van der Waals surface area contributed by atoms with E-state index in [1.165, 1.54) is 35.0 Å². The van der Waals surface area contributed by atoms with Crippen molar-refractivity contribution < 1.29 is 4.74 Å². The number of methoxy groups -OCH3 is 1. The number of nitrogens with two attached hydrogens (primary N) is 1. The Morgan fingerprint density at radius 1 is 1.39 bits per heavy atom. The quantitative estimate of drug-likeness (QED) is 0.898. The molecular weight excluding hydrogens is 224 g/mol. The number of nitrogens with zero attached hydrogens (tertiary/aromatic N) is 1. The van der Waals surface area contributed by atoms with Crippen molar-refractivity contribution in [2.75, 3.05) is 13.7 Å². The topological polar surface area (TPSA) is 40.2 Å². The molecule has 1 saturated carbocycles. The van der Waals surface area contributed by atoms with Crippen LogP contribution < -0.4 is 10.5 Å². The van der Waals surface area contributed by atoms with Crippen LogP contribution in [0.5, 0.6) is 5.75 Å². The summed E-state index contributed by atoms with van der Waals surface area (Å²) in [4.78, 5) is 0. The second kappa shape index (κ2) is 4.32. The highest BCUT2D eigenvalue weighted by Gasteiger charge is 2.29. The molecule has 0 amide bonds. The molecule has 0 bridgehead atoms. The van der Waals surface area contributed by atoms with Gasteiger partial charge >= 0.3 is 0 Å². The van der Waals surface area contributed by atoms with Crippen molar-refractivity contribution in [2.45, 2.75) is 32.2 Å². The van der Waals surface area contributed by atoms with Crippen LogP contribution in [0, 0.1) is 6.92 Å². The van der Waals surface area contributed by atoms with E-state index in [4.69, 9.17) is 10.5 Å². The lowest BCUT2D eigenvalue weighted by molar-refractivity contribution is 0.419. The third kappa shape index (κ3) is 1.62. The minimum atomic E-state index is 0.676. The Labute approximate surface area is 108 Å². The lowest BCUT2D eigenvalue weighted by Crippen LogP contribution is -2.09. The zero-order valence-electron chi connectivity index (χ0n) is 11.1. The second-order valence-corrected chi connectivity index (χ2v) is 5.07. The summed E-state index contributed by atoms with van der Waals surface area (Å²) in [5.41, 5.74) is 9.79. The van der Waals surface area contributed by atoms with Crippen LogP contribution in [0.3, 0.4) is 0 Å². The van der Waals surface area contributed by atoms with Crippen molar-refractivity contribution in [3.05, 3.63) is 29.5 Å². The normalized spacial score (nSPS) is 15.3. The van der Waals surface area contributed by atoms with Crippen LogP contribution in [0.2, 0.25) is 0 Å². The van der Waals surface area contributed by atoms with Crippen LogP contribution in [0.25, 0.3) is 10.9 Å². The van der Waals surface area contributed by atoms with Gasteiger partial charge in [0.05, 0.1) is 12.6 Å². The summed E-state index contributed by atoms with van der Waals surface area (Å²) in [6, 6.07) is 6.99. The van der Waals surface area contributed by atoms with Gasteiger partial charge in [-0.3, -0.25) is 0 Å². The van der Waals surface area contributed by atoms with Crippen LogP contribution in [-0.4, -0.2) is 18.2 Å². The van der Waals surface area contributed by atoms with Crippen LogP contribution in [0.1, 0.15) is 30.1 Å². The fourth-order valence-corrected chi connectivity index (χ4v) is 2.93. The van der Waals surface area contributed by atoms with Gasteiger partial charge in [0.2, 0.25) is 0 Å². The van der Waals surface area contributed by atoms with Crippen LogP contribution in [0.4, 0.5) is 0 Å². The predicted octanol–water partition coefficient (Wildman–Crippen LogP) is 2.79. The standard InChI is InChI=1S/C15H20N2O/c1-10-12(8-9-16)17(11-6-7-11)13-4-3-5-14(18-2)15(10)13/h3-5,11H,6-9,16H2,1-2H3. The zero-order chi connectivity index (χ0) is 12.7. The van der Waals surface area contributed by atoms with Gasteiger partial charge < -0.3 is 15.0 Å². The van der Waals surface area contributed by atoms with E-state index in [0.717, 1.165) is 12.2 Å². The van der Waals surface area contributed by atoms with Crippen LogP contribution in [-0.2, 0) is 6.42 Å². The summed E-state index contributed by atoms with van der Waals surface area (Å²) in [5.74, 6) is 0.975. The lowest BCUT2D eigenvalue weighted by atomic mass is 10.1. The van der Waals surface area contributed by atoms with E-state index in [1.807, 2.05) is 6.07 Å². The molecule has 1 aliphatic rings. The highest BCUT2D eigenvalue weighted by Crippen LogP contribution is 2.43. The molecule has 3 rings (SSSR count). The van der Waals surface area contributed by atoms with E-state index >= 15 is 0 Å². The van der Waals surface area contributed by atoms with E-state index in [2.05, 4.69) is 23.6 Å². The number of rotatable bonds is 4. The number of benzene rings is 1. The summed E-state index contributed by atoms with van der Waals surface area (Å²) in [6.07, 6.45) is 3.52. The molecule has 18 heavy (non-hydrogen) atoms. The molecule has 0 saturated heterocycles. The summed E-state index contributed by atoms with van der Waals surface area (Å²) >= 11 is 0. The maximum Gasteiger partial charge on any atom is 0.128 e. The summed E-state index contributed by atoms with van der Waals surface area (Å²) in [6.45, 7) is 2.89. The number of hydrogen-bond donors (Lipinski definition) is 1. The molecule has 0 radical (unpaired) electrons. The predicted molar refractivity (Wildman–Crippen MR) is 74.3 cm³/mol. The van der Waals surface area contributed by atoms with Gasteiger partial charge in [0.25, 0.3) is 0 Å². The molecule has 0 atom stereocenters. The van der Waals surface area contributed by atoms with Crippen molar-refractivity contribution >= 4 is 10.9 Å². The van der Waals surface area contributed by atoms with E-state index in [9.17, 15) is 0 Å². The fourth-order valence-electron chi connectivity index (χ4n) is 2.93. The van der Waals surface area contributed by atoms with Gasteiger partial charge in [-0.25, -0.2) is 0 Å². The van der Waals surface area contributed by atoms with Crippen molar-refractivity contribution in [3.63, 3.8) is 0 Å². The minimum absolute atomic E-state index is 0.676. The number of fused-ring (bicyclic) bond motifs is 1. The van der Waals surface area contributed by atoms with Gasteiger partial charge in [-0.15, -0.1) is 0 Å². The first-order valence-corrected chi connectivity index (χ1v) is 6.64. The van der Waals surface area contributed by atoms with Crippen molar-refractivity contribution in [1.29, 1.82) is 0 Å². The van der Waals surface area contributed by atoms with Crippen molar-refractivity contribution in [2.24, 2.45) is 5.73 Å². The molecule has 0 unspecified atom stereocenters. The first-order valence-electron chi connectivity index (χ1n) is 6.64. The first kappa shape index (κ1) is 11.6. The molecule has 1 aromatic heterocycles. The van der Waals surface area contributed by atoms with Gasteiger partial charge in [0.15, 0.2) is 0 Å². The maximum absolute atomic E-state index is 5.77. The molecule has 0 aliphatic heterocycles. The molecular formula is C15H20N2O. The number of aryl methyl sites for hydroxylation is 1. The average molecular weight is 244 g/mol. The SMILES string of the molecule is COc1cccc2c1c(C)c(CCN)n2C1CC1. The molecule has 1 aliphatic carbocycles. The molecule has 1 heterocycles. The molecule has 1 fully saturated rings. The fraction of sp³-hybridized carbons (Fsp3) is 0.467. The van der Waals surface area contributed by atoms with Crippen LogP contribution in [0.15, 0.2) is 18.2 Å². The van der Waals surface area contributed by atoms with Crippen molar-refractivity contribution in [3.8, 4) is 5.75 Å². The third-order valence-electron chi connectivity index (χ3n) is 3.88. The number of hydrogen-bond acceptors (Lipinski definition) is 2. The van der Waals surface area contributed by atoms with Gasteiger partial charge in [-0.1, -0.05) is 6.07 Å². The Morgan fingerprint density at radius 3 is 2.78 bits per heavy atom. The molecule has 2 aromatic rings. The summed E-state index contributed by atoms with van der Waals surface area (Å²) in [7, 11) is 1.74. The second-order valence-electron chi connectivity index (χ2n) is 5.07. The number of aromatic nitrogens is 1. The van der Waals surface area contributed by atoms with E-state index in [1.54, 1.807) is 7.11 Å². The molecule has 3 heteroatoms. The summed E-state index contributed by atoms with van der Waals surface area (Å²) in [5, 5.41) is 1.26. The Morgan fingerprint density at radius 2 is 2.17 bits per heavy atom. The highest BCUT2D eigenvalue weighted by atomic mass is 16.5. The summed E-state index contributed by atoms with van der Waals surface area (Å²) < 4.78 is 8.00. The molecule has 2 N–H and O–H groups in total. The molecule has 3 nitrogen and oxygen atoms in total. The Kier molecular flexibility index (Phi) is 2.78. The van der Waals surface area contributed by atoms with Gasteiger partial charge in [-0.05, 0) is 44.0 Å². The maximum atomic E-state index is 5.77. The number of ether oxygens (including phenoxy) is 1. The highest BCUT2D eigenvalue weighted by molar-refractivity contribution is 5.91. The first-order chi connectivity index (χ1) is 8.77. The van der Waals surface area contributed by atoms with E-state index in [-0.39, 0.29) is 0 Å². The average Bonchev–Trinajstić information content (AvgIpc) is 3.18. The van der Waals surface area contributed by atoms with Gasteiger partial charge in [0.1, 0.15) is 5.75 Å². The van der Waals surface area contributed by atoms with E-state index < -0.39 is 0 Å².